The number of anilines is 1. The lowest BCUT2D eigenvalue weighted by Gasteiger charge is -2.14. The van der Waals surface area contributed by atoms with E-state index in [9.17, 15) is 9.59 Å². The van der Waals surface area contributed by atoms with Crippen molar-refractivity contribution in [3.8, 4) is 5.69 Å². The van der Waals surface area contributed by atoms with E-state index >= 15 is 0 Å². The first-order chi connectivity index (χ1) is 17.0. The Morgan fingerprint density at radius 1 is 1.06 bits per heavy atom. The summed E-state index contributed by atoms with van der Waals surface area (Å²) >= 11 is 5.58. The zero-order valence-electron chi connectivity index (χ0n) is 19.3. The fourth-order valence-corrected chi connectivity index (χ4v) is 6.18. The van der Waals surface area contributed by atoms with Crippen LogP contribution in [0.2, 0.25) is 0 Å². The first kappa shape index (κ1) is 25.4. The SMILES string of the molecule is CCSc1nnc(NC(=O)CSc2nnc(CNC(=O)c3cccs3)n2-c2cccc(C)c2C)s1. The van der Waals surface area contributed by atoms with Gasteiger partial charge >= 0.3 is 0 Å². The second-order valence-electron chi connectivity index (χ2n) is 7.26. The Hall–Kier alpha value is -2.74. The number of thioether (sulfide) groups is 2. The minimum atomic E-state index is -0.206. The van der Waals surface area contributed by atoms with Gasteiger partial charge in [0.2, 0.25) is 11.0 Å². The minimum absolute atomic E-state index is 0.125. The third-order valence-corrected chi connectivity index (χ3v) is 8.57. The number of hydrogen-bond donors (Lipinski definition) is 2. The van der Waals surface area contributed by atoms with E-state index in [-0.39, 0.29) is 24.1 Å². The minimum Gasteiger partial charge on any atom is -0.344 e. The van der Waals surface area contributed by atoms with Crippen molar-refractivity contribution in [1.82, 2.24) is 30.3 Å². The van der Waals surface area contributed by atoms with Crippen LogP contribution in [0.5, 0.6) is 0 Å². The van der Waals surface area contributed by atoms with Crippen LogP contribution in [-0.4, -0.2) is 48.3 Å². The molecule has 0 saturated carbocycles. The predicted octanol–water partition coefficient (Wildman–Crippen LogP) is 4.57. The van der Waals surface area contributed by atoms with Crippen molar-refractivity contribution in [3.05, 3.63) is 57.5 Å². The molecule has 4 rings (SSSR count). The van der Waals surface area contributed by atoms with Gasteiger partial charge in [0.05, 0.1) is 22.9 Å². The Kier molecular flexibility index (Phi) is 8.55. The highest BCUT2D eigenvalue weighted by molar-refractivity contribution is 8.01. The van der Waals surface area contributed by atoms with Crippen molar-refractivity contribution < 1.29 is 9.59 Å². The molecule has 0 aliphatic heterocycles. The van der Waals surface area contributed by atoms with Gasteiger partial charge < -0.3 is 5.32 Å². The predicted molar refractivity (Wildman–Crippen MR) is 142 cm³/mol. The van der Waals surface area contributed by atoms with Crippen molar-refractivity contribution >= 4 is 63.1 Å². The van der Waals surface area contributed by atoms with Gasteiger partial charge in [-0.25, -0.2) is 0 Å². The average Bonchev–Trinajstić information content (AvgIpc) is 3.60. The molecule has 0 fully saturated rings. The molecule has 0 saturated heterocycles. The van der Waals surface area contributed by atoms with Gasteiger partial charge in [0, 0.05) is 0 Å². The summed E-state index contributed by atoms with van der Waals surface area (Å²) in [6, 6.07) is 9.60. The standard InChI is InChI=1S/C22H23N7O2S4/c1-4-32-22-28-26-20(35-22)24-18(30)12-34-21-27-25-17(11-23-19(31)16-9-6-10-33-16)29(21)15-8-5-7-13(2)14(15)3/h5-10H,4,11-12H2,1-3H3,(H,23,31)(H,24,26,30). The van der Waals surface area contributed by atoms with Gasteiger partial charge in [0.15, 0.2) is 15.3 Å². The Bertz CT molecular complexity index is 1320. The number of thiophene rings is 1. The van der Waals surface area contributed by atoms with Crippen LogP contribution in [0.25, 0.3) is 5.69 Å². The van der Waals surface area contributed by atoms with Crippen LogP contribution in [0.3, 0.4) is 0 Å². The zero-order valence-corrected chi connectivity index (χ0v) is 22.5. The third kappa shape index (κ3) is 6.28. The number of carbonyl (C=O) groups excluding carboxylic acids is 2. The highest BCUT2D eigenvalue weighted by Gasteiger charge is 2.19. The zero-order chi connectivity index (χ0) is 24.8. The van der Waals surface area contributed by atoms with Crippen LogP contribution in [0, 0.1) is 13.8 Å². The fraction of sp³-hybridized carbons (Fsp3) is 0.273. The quantitative estimate of drug-likeness (QED) is 0.220. The number of aryl methyl sites for hydroxylation is 1. The molecule has 3 aromatic heterocycles. The maximum atomic E-state index is 12.6. The summed E-state index contributed by atoms with van der Waals surface area (Å²) in [4.78, 5) is 25.7. The molecule has 13 heteroatoms. The van der Waals surface area contributed by atoms with Gasteiger partial charge in [-0.1, -0.05) is 60.0 Å². The lowest BCUT2D eigenvalue weighted by atomic mass is 10.1. The maximum absolute atomic E-state index is 12.6. The van der Waals surface area contributed by atoms with E-state index in [1.807, 2.05) is 55.0 Å². The molecule has 0 aliphatic carbocycles. The molecule has 0 radical (unpaired) electrons. The van der Waals surface area contributed by atoms with Crippen LogP contribution in [0.4, 0.5) is 5.13 Å². The molecule has 0 spiro atoms. The smallest absolute Gasteiger partial charge is 0.261 e. The second-order valence-corrected chi connectivity index (χ2v) is 11.6. The number of nitrogens with zero attached hydrogens (tertiary/aromatic N) is 5. The van der Waals surface area contributed by atoms with Gasteiger partial charge in [-0.2, -0.15) is 0 Å². The summed E-state index contributed by atoms with van der Waals surface area (Å²) in [7, 11) is 0. The molecule has 0 atom stereocenters. The summed E-state index contributed by atoms with van der Waals surface area (Å²) in [5.41, 5.74) is 3.10. The summed E-state index contributed by atoms with van der Waals surface area (Å²) in [5, 5.41) is 25.3. The van der Waals surface area contributed by atoms with E-state index in [2.05, 4.69) is 31.0 Å². The van der Waals surface area contributed by atoms with Crippen LogP contribution in [0.1, 0.15) is 33.5 Å². The topological polar surface area (TPSA) is 115 Å². The molecule has 0 bridgehead atoms. The molecule has 9 nitrogen and oxygen atoms in total. The van der Waals surface area contributed by atoms with Crippen LogP contribution < -0.4 is 10.6 Å². The molecule has 0 aliphatic rings. The van der Waals surface area contributed by atoms with E-state index in [4.69, 9.17) is 0 Å². The van der Waals surface area contributed by atoms with E-state index in [1.165, 1.54) is 34.4 Å². The highest BCUT2D eigenvalue weighted by Crippen LogP contribution is 2.27. The molecule has 2 N–H and O–H groups in total. The van der Waals surface area contributed by atoms with Gasteiger partial charge in [-0.3, -0.25) is 19.5 Å². The largest absolute Gasteiger partial charge is 0.344 e. The van der Waals surface area contributed by atoms with Crippen molar-refractivity contribution in [2.45, 2.75) is 36.8 Å². The van der Waals surface area contributed by atoms with Gasteiger partial charge in [0.1, 0.15) is 0 Å². The van der Waals surface area contributed by atoms with Gasteiger partial charge in [0.25, 0.3) is 5.91 Å². The van der Waals surface area contributed by atoms with E-state index in [1.54, 1.807) is 17.8 Å². The summed E-state index contributed by atoms with van der Waals surface area (Å²) in [5.74, 6) is 1.23. The first-order valence-electron chi connectivity index (χ1n) is 10.7. The number of carbonyl (C=O) groups is 2. The Morgan fingerprint density at radius 2 is 1.91 bits per heavy atom. The number of benzene rings is 1. The normalized spacial score (nSPS) is 10.9. The number of amides is 2. The monoisotopic (exact) mass is 545 g/mol. The molecular weight excluding hydrogens is 523 g/mol. The Morgan fingerprint density at radius 3 is 2.69 bits per heavy atom. The number of hydrogen-bond acceptors (Lipinski definition) is 10. The maximum Gasteiger partial charge on any atom is 0.261 e. The number of nitrogens with one attached hydrogen (secondary N) is 2. The molecule has 182 valence electrons. The van der Waals surface area contributed by atoms with Crippen LogP contribution >= 0.6 is 46.2 Å². The number of rotatable bonds is 10. The first-order valence-corrected chi connectivity index (χ1v) is 14.3. The van der Waals surface area contributed by atoms with E-state index < -0.39 is 0 Å². The van der Waals surface area contributed by atoms with Crippen molar-refractivity contribution in [3.63, 3.8) is 0 Å². The lowest BCUT2D eigenvalue weighted by Crippen LogP contribution is -2.24. The molecule has 35 heavy (non-hydrogen) atoms. The van der Waals surface area contributed by atoms with Crippen molar-refractivity contribution in [2.75, 3.05) is 16.8 Å². The Balaban J connectivity index is 1.51. The lowest BCUT2D eigenvalue weighted by molar-refractivity contribution is -0.113. The van der Waals surface area contributed by atoms with Gasteiger partial charge in [-0.15, -0.1) is 31.7 Å². The molecule has 3 heterocycles. The summed E-state index contributed by atoms with van der Waals surface area (Å²) in [6.45, 7) is 6.30. The number of aromatic nitrogens is 5. The van der Waals surface area contributed by atoms with Gasteiger partial charge in [-0.05, 0) is 48.2 Å². The fourth-order valence-electron chi connectivity index (χ4n) is 3.11. The summed E-state index contributed by atoms with van der Waals surface area (Å²) < 4.78 is 2.72. The van der Waals surface area contributed by atoms with Crippen molar-refractivity contribution in [1.29, 1.82) is 0 Å². The Labute approximate surface area is 219 Å². The summed E-state index contributed by atoms with van der Waals surface area (Å²) in [6.07, 6.45) is 0. The van der Waals surface area contributed by atoms with Crippen molar-refractivity contribution in [2.24, 2.45) is 0 Å². The molecule has 4 aromatic rings. The second kappa shape index (κ2) is 11.8. The molecular formula is C22H23N7O2S4. The highest BCUT2D eigenvalue weighted by atomic mass is 32.2. The molecule has 0 unspecified atom stereocenters. The average molecular weight is 546 g/mol. The van der Waals surface area contributed by atoms with Crippen LogP contribution in [0.15, 0.2) is 45.2 Å². The third-order valence-electron chi connectivity index (χ3n) is 4.92. The van der Waals surface area contributed by atoms with E-state index in [0.29, 0.717) is 21.0 Å². The molecule has 1 aromatic carbocycles. The molecule has 2 amide bonds. The van der Waals surface area contributed by atoms with E-state index in [0.717, 1.165) is 26.9 Å². The van der Waals surface area contributed by atoms with Crippen LogP contribution in [-0.2, 0) is 11.3 Å².